The number of ether oxygens (including phenoxy) is 2. The average molecular weight is 314 g/mol. The van der Waals surface area contributed by atoms with Crippen molar-refractivity contribution in [2.24, 2.45) is 0 Å². The molecule has 0 N–H and O–H groups in total. The van der Waals surface area contributed by atoms with E-state index in [1.165, 1.54) is 0 Å². The van der Waals surface area contributed by atoms with Crippen LogP contribution in [0.5, 0.6) is 0 Å². The number of halogens is 2. The van der Waals surface area contributed by atoms with Crippen LogP contribution >= 0.6 is 31.9 Å². The molecule has 0 radical (unpaired) electrons. The van der Waals surface area contributed by atoms with Crippen LogP contribution in [-0.2, 0) is 9.47 Å². The molecule has 2 aliphatic rings. The van der Waals surface area contributed by atoms with Gasteiger partial charge in [-0.05, 0) is 26.7 Å². The monoisotopic (exact) mass is 312 g/mol. The summed E-state index contributed by atoms with van der Waals surface area (Å²) in [7, 11) is 0. The SMILES string of the molecule is CC1(C)O[C@H]2C[C@H](Br)[C@@H](Br)C[C@H]2O1. The molecule has 0 aromatic carbocycles. The zero-order valence-corrected chi connectivity index (χ0v) is 11.0. The molecule has 76 valence electrons. The molecule has 0 bridgehead atoms. The first-order chi connectivity index (χ1) is 5.98. The number of fused-ring (bicyclic) bond motifs is 1. The van der Waals surface area contributed by atoms with Gasteiger partial charge in [-0.2, -0.15) is 0 Å². The second-order valence-corrected chi connectivity index (χ2v) is 6.57. The Balaban J connectivity index is 2.05. The summed E-state index contributed by atoms with van der Waals surface area (Å²) in [5.74, 6) is -0.390. The Morgan fingerprint density at radius 1 is 1.00 bits per heavy atom. The molecule has 2 fully saturated rings. The molecule has 1 aliphatic heterocycles. The van der Waals surface area contributed by atoms with Crippen LogP contribution in [0.15, 0.2) is 0 Å². The highest BCUT2D eigenvalue weighted by atomic mass is 79.9. The predicted molar refractivity (Wildman–Crippen MR) is 58.5 cm³/mol. The van der Waals surface area contributed by atoms with Gasteiger partial charge in [-0.15, -0.1) is 0 Å². The Morgan fingerprint density at radius 2 is 1.38 bits per heavy atom. The molecule has 1 aliphatic carbocycles. The van der Waals surface area contributed by atoms with E-state index < -0.39 is 0 Å². The summed E-state index contributed by atoms with van der Waals surface area (Å²) < 4.78 is 11.6. The molecule has 0 aromatic rings. The molecule has 0 aromatic heterocycles. The summed E-state index contributed by atoms with van der Waals surface area (Å²) in [6, 6.07) is 0. The number of rotatable bonds is 0. The van der Waals surface area contributed by atoms with Crippen molar-refractivity contribution in [3.63, 3.8) is 0 Å². The van der Waals surface area contributed by atoms with Crippen molar-refractivity contribution in [3.8, 4) is 0 Å². The first kappa shape index (κ1) is 10.4. The van der Waals surface area contributed by atoms with Crippen molar-refractivity contribution in [1.82, 2.24) is 0 Å². The van der Waals surface area contributed by atoms with Crippen molar-refractivity contribution < 1.29 is 9.47 Å². The third-order valence-corrected chi connectivity index (χ3v) is 5.33. The van der Waals surface area contributed by atoms with Crippen LogP contribution in [0.25, 0.3) is 0 Å². The van der Waals surface area contributed by atoms with E-state index in [1.54, 1.807) is 0 Å². The molecule has 4 atom stereocenters. The minimum absolute atomic E-state index is 0.271. The molecular formula is C9H14Br2O2. The van der Waals surface area contributed by atoms with Crippen LogP contribution < -0.4 is 0 Å². The maximum absolute atomic E-state index is 5.80. The van der Waals surface area contributed by atoms with E-state index in [0.717, 1.165) is 12.8 Å². The van der Waals surface area contributed by atoms with Gasteiger partial charge in [-0.1, -0.05) is 31.9 Å². The van der Waals surface area contributed by atoms with Crippen LogP contribution in [0.2, 0.25) is 0 Å². The maximum Gasteiger partial charge on any atom is 0.163 e. The fourth-order valence-electron chi connectivity index (χ4n) is 2.05. The van der Waals surface area contributed by atoms with Gasteiger partial charge in [0.05, 0.1) is 12.2 Å². The van der Waals surface area contributed by atoms with Gasteiger partial charge in [0.2, 0.25) is 0 Å². The average Bonchev–Trinajstić information content (AvgIpc) is 2.24. The number of hydrogen-bond donors (Lipinski definition) is 0. The van der Waals surface area contributed by atoms with E-state index >= 15 is 0 Å². The van der Waals surface area contributed by atoms with Gasteiger partial charge in [-0.25, -0.2) is 0 Å². The Labute approximate surface area is 95.6 Å². The summed E-state index contributed by atoms with van der Waals surface area (Å²) >= 11 is 7.29. The molecule has 0 amide bonds. The largest absolute Gasteiger partial charge is 0.345 e. The summed E-state index contributed by atoms with van der Waals surface area (Å²) in [5.41, 5.74) is 0. The van der Waals surface area contributed by atoms with Crippen LogP contribution in [0.3, 0.4) is 0 Å². The zero-order valence-electron chi connectivity index (χ0n) is 7.80. The fourth-order valence-corrected chi connectivity index (χ4v) is 3.22. The van der Waals surface area contributed by atoms with Crippen molar-refractivity contribution in [3.05, 3.63) is 0 Å². The van der Waals surface area contributed by atoms with Gasteiger partial charge >= 0.3 is 0 Å². The van der Waals surface area contributed by atoms with E-state index in [9.17, 15) is 0 Å². The highest BCUT2D eigenvalue weighted by Gasteiger charge is 2.46. The lowest BCUT2D eigenvalue weighted by Gasteiger charge is -2.30. The number of alkyl halides is 2. The van der Waals surface area contributed by atoms with Crippen molar-refractivity contribution in [2.75, 3.05) is 0 Å². The summed E-state index contributed by atoms with van der Waals surface area (Å²) in [4.78, 5) is 1.01. The lowest BCUT2D eigenvalue weighted by atomic mass is 9.95. The Morgan fingerprint density at radius 3 is 1.77 bits per heavy atom. The number of hydrogen-bond acceptors (Lipinski definition) is 2. The third-order valence-electron chi connectivity index (χ3n) is 2.59. The first-order valence-corrected chi connectivity index (χ1v) is 6.45. The Kier molecular flexibility index (Phi) is 2.78. The third kappa shape index (κ3) is 2.11. The van der Waals surface area contributed by atoms with Crippen molar-refractivity contribution in [2.45, 2.75) is 54.3 Å². The summed E-state index contributed by atoms with van der Waals surface area (Å²) in [5, 5.41) is 0. The minimum Gasteiger partial charge on any atom is -0.345 e. The van der Waals surface area contributed by atoms with Crippen molar-refractivity contribution in [1.29, 1.82) is 0 Å². The van der Waals surface area contributed by atoms with Gasteiger partial charge in [0.25, 0.3) is 0 Å². The molecule has 0 unspecified atom stereocenters. The van der Waals surface area contributed by atoms with Crippen LogP contribution in [0, 0.1) is 0 Å². The van der Waals surface area contributed by atoms with Crippen LogP contribution in [0.4, 0.5) is 0 Å². The van der Waals surface area contributed by atoms with Gasteiger partial charge in [0, 0.05) is 9.65 Å². The zero-order chi connectivity index (χ0) is 9.64. The second-order valence-electron chi connectivity index (χ2n) is 4.22. The Hall–Kier alpha value is 0.880. The highest BCUT2D eigenvalue weighted by molar-refractivity contribution is 9.12. The first-order valence-electron chi connectivity index (χ1n) is 4.62. The fraction of sp³-hybridized carbons (Fsp3) is 1.00. The molecule has 1 saturated carbocycles. The van der Waals surface area contributed by atoms with Gasteiger partial charge in [0.1, 0.15) is 0 Å². The second kappa shape index (κ2) is 3.47. The topological polar surface area (TPSA) is 18.5 Å². The van der Waals surface area contributed by atoms with E-state index in [2.05, 4.69) is 31.9 Å². The predicted octanol–water partition coefficient (Wildman–Crippen LogP) is 2.83. The van der Waals surface area contributed by atoms with Gasteiger partial charge in [-0.3, -0.25) is 0 Å². The van der Waals surface area contributed by atoms with E-state index in [-0.39, 0.29) is 18.0 Å². The molecule has 2 nitrogen and oxygen atoms in total. The standard InChI is InChI=1S/C9H14Br2O2/c1-9(2)12-7-3-5(10)6(11)4-8(7)13-9/h5-8H,3-4H2,1-2H3/t5-,6-,7-,8+/m0/s1. The van der Waals surface area contributed by atoms with Crippen molar-refractivity contribution >= 4 is 31.9 Å². The van der Waals surface area contributed by atoms with E-state index in [1.807, 2.05) is 13.8 Å². The smallest absolute Gasteiger partial charge is 0.163 e. The Bertz CT molecular complexity index is 188. The van der Waals surface area contributed by atoms with E-state index in [0.29, 0.717) is 9.65 Å². The quantitative estimate of drug-likeness (QED) is 0.640. The van der Waals surface area contributed by atoms with Crippen LogP contribution in [-0.4, -0.2) is 27.6 Å². The molecule has 13 heavy (non-hydrogen) atoms. The maximum atomic E-state index is 5.80. The normalized spacial score (nSPS) is 48.9. The molecule has 1 saturated heterocycles. The molecular weight excluding hydrogens is 300 g/mol. The summed E-state index contributed by atoms with van der Waals surface area (Å²) in [6.07, 6.45) is 2.61. The highest BCUT2D eigenvalue weighted by Crippen LogP contribution is 2.40. The molecule has 4 heteroatoms. The minimum atomic E-state index is -0.390. The summed E-state index contributed by atoms with van der Waals surface area (Å²) in [6.45, 7) is 3.97. The van der Waals surface area contributed by atoms with E-state index in [4.69, 9.17) is 9.47 Å². The van der Waals surface area contributed by atoms with Crippen LogP contribution in [0.1, 0.15) is 26.7 Å². The molecule has 0 spiro atoms. The lowest BCUT2D eigenvalue weighted by molar-refractivity contribution is -0.145. The van der Waals surface area contributed by atoms with Gasteiger partial charge in [0.15, 0.2) is 5.79 Å². The lowest BCUT2D eigenvalue weighted by Crippen LogP contribution is -2.37. The van der Waals surface area contributed by atoms with Gasteiger partial charge < -0.3 is 9.47 Å². The molecule has 1 heterocycles. The molecule has 2 rings (SSSR count).